The standard InChI is InChI=1S/C13H18O3/c1-3-5-10(9-13(14)15)11-6-4-7-12(8-11)16-2/h4,6-8,10H,3,5,9H2,1-2H3,(H,14,15)/t10-/m0/s1. The highest BCUT2D eigenvalue weighted by Gasteiger charge is 2.15. The Balaban J connectivity index is 2.86. The maximum absolute atomic E-state index is 10.8. The molecule has 0 bridgehead atoms. The number of methoxy groups -OCH3 is 1. The first-order valence-electron chi connectivity index (χ1n) is 5.53. The number of hydrogen-bond donors (Lipinski definition) is 1. The molecule has 0 amide bonds. The van der Waals surface area contributed by atoms with Crippen LogP contribution in [-0.2, 0) is 4.79 Å². The van der Waals surface area contributed by atoms with Gasteiger partial charge in [-0.15, -0.1) is 0 Å². The van der Waals surface area contributed by atoms with E-state index in [1.54, 1.807) is 7.11 Å². The summed E-state index contributed by atoms with van der Waals surface area (Å²) in [6.07, 6.45) is 2.05. The van der Waals surface area contributed by atoms with E-state index in [-0.39, 0.29) is 12.3 Å². The number of carboxylic acids is 1. The van der Waals surface area contributed by atoms with E-state index in [4.69, 9.17) is 9.84 Å². The monoisotopic (exact) mass is 222 g/mol. The predicted molar refractivity (Wildman–Crippen MR) is 62.9 cm³/mol. The molecule has 0 spiro atoms. The summed E-state index contributed by atoms with van der Waals surface area (Å²) >= 11 is 0. The van der Waals surface area contributed by atoms with Gasteiger partial charge in [0.25, 0.3) is 0 Å². The molecule has 16 heavy (non-hydrogen) atoms. The lowest BCUT2D eigenvalue weighted by Gasteiger charge is -2.15. The zero-order chi connectivity index (χ0) is 12.0. The fourth-order valence-electron chi connectivity index (χ4n) is 1.84. The summed E-state index contributed by atoms with van der Waals surface area (Å²) in [6.45, 7) is 2.06. The minimum absolute atomic E-state index is 0.0811. The fourth-order valence-corrected chi connectivity index (χ4v) is 1.84. The van der Waals surface area contributed by atoms with Crippen molar-refractivity contribution >= 4 is 5.97 Å². The molecule has 1 rings (SSSR count). The van der Waals surface area contributed by atoms with Crippen LogP contribution in [0.15, 0.2) is 24.3 Å². The van der Waals surface area contributed by atoms with E-state index in [9.17, 15) is 4.79 Å². The highest BCUT2D eigenvalue weighted by molar-refractivity contribution is 5.68. The Morgan fingerprint density at radius 3 is 2.81 bits per heavy atom. The molecule has 0 unspecified atom stereocenters. The third kappa shape index (κ3) is 3.57. The highest BCUT2D eigenvalue weighted by atomic mass is 16.5. The van der Waals surface area contributed by atoms with E-state index in [2.05, 4.69) is 6.92 Å². The van der Waals surface area contributed by atoms with Crippen LogP contribution >= 0.6 is 0 Å². The predicted octanol–water partition coefficient (Wildman–Crippen LogP) is 3.05. The molecule has 0 aromatic heterocycles. The van der Waals surface area contributed by atoms with Crippen LogP contribution in [0.25, 0.3) is 0 Å². The number of hydrogen-bond acceptors (Lipinski definition) is 2. The number of rotatable bonds is 6. The molecular weight excluding hydrogens is 204 g/mol. The van der Waals surface area contributed by atoms with Crippen molar-refractivity contribution in [1.82, 2.24) is 0 Å². The van der Waals surface area contributed by atoms with Crippen molar-refractivity contribution in [1.29, 1.82) is 0 Å². The first-order chi connectivity index (χ1) is 7.67. The van der Waals surface area contributed by atoms with Crippen molar-refractivity contribution in [3.63, 3.8) is 0 Å². The van der Waals surface area contributed by atoms with Crippen LogP contribution in [0.3, 0.4) is 0 Å². The van der Waals surface area contributed by atoms with E-state index in [0.29, 0.717) is 0 Å². The summed E-state index contributed by atoms with van der Waals surface area (Å²) in [5, 5.41) is 8.87. The van der Waals surface area contributed by atoms with Gasteiger partial charge >= 0.3 is 5.97 Å². The van der Waals surface area contributed by atoms with Crippen molar-refractivity contribution in [2.24, 2.45) is 0 Å². The second-order valence-corrected chi connectivity index (χ2v) is 3.86. The van der Waals surface area contributed by atoms with Gasteiger partial charge in [-0.1, -0.05) is 25.5 Å². The number of benzene rings is 1. The van der Waals surface area contributed by atoms with Crippen LogP contribution < -0.4 is 4.74 Å². The Kier molecular flexibility index (Phi) is 4.83. The van der Waals surface area contributed by atoms with Crippen LogP contribution in [0.2, 0.25) is 0 Å². The van der Waals surface area contributed by atoms with Gasteiger partial charge in [-0.3, -0.25) is 4.79 Å². The van der Waals surface area contributed by atoms with Crippen LogP contribution in [0.5, 0.6) is 5.75 Å². The number of carbonyl (C=O) groups is 1. The first-order valence-corrected chi connectivity index (χ1v) is 5.53. The average molecular weight is 222 g/mol. The number of carboxylic acid groups (broad SMARTS) is 1. The molecule has 0 aliphatic heterocycles. The molecule has 0 heterocycles. The lowest BCUT2D eigenvalue weighted by atomic mass is 9.91. The molecule has 0 aliphatic carbocycles. The van der Waals surface area contributed by atoms with E-state index >= 15 is 0 Å². The van der Waals surface area contributed by atoms with Gasteiger partial charge in [0.1, 0.15) is 5.75 Å². The Morgan fingerprint density at radius 1 is 1.50 bits per heavy atom. The normalized spacial score (nSPS) is 12.1. The molecule has 1 atom stereocenters. The molecule has 3 heteroatoms. The number of aliphatic carboxylic acids is 1. The second-order valence-electron chi connectivity index (χ2n) is 3.86. The van der Waals surface area contributed by atoms with Crippen LogP contribution in [0, 0.1) is 0 Å². The molecule has 1 aromatic rings. The van der Waals surface area contributed by atoms with Crippen LogP contribution in [-0.4, -0.2) is 18.2 Å². The zero-order valence-electron chi connectivity index (χ0n) is 9.77. The summed E-state index contributed by atoms with van der Waals surface area (Å²) in [5.41, 5.74) is 1.05. The smallest absolute Gasteiger partial charge is 0.303 e. The van der Waals surface area contributed by atoms with E-state index in [1.807, 2.05) is 24.3 Å². The zero-order valence-corrected chi connectivity index (χ0v) is 9.77. The van der Waals surface area contributed by atoms with E-state index in [1.165, 1.54) is 0 Å². The first kappa shape index (κ1) is 12.6. The van der Waals surface area contributed by atoms with E-state index in [0.717, 1.165) is 24.2 Å². The molecule has 0 fully saturated rings. The lowest BCUT2D eigenvalue weighted by molar-refractivity contribution is -0.137. The molecule has 0 saturated heterocycles. The molecular formula is C13H18O3. The van der Waals surface area contributed by atoms with Crippen molar-refractivity contribution in [2.45, 2.75) is 32.1 Å². The Labute approximate surface area is 96.1 Å². The Hall–Kier alpha value is -1.51. The molecule has 88 valence electrons. The minimum Gasteiger partial charge on any atom is -0.497 e. The molecule has 0 saturated carbocycles. The fraction of sp³-hybridized carbons (Fsp3) is 0.462. The van der Waals surface area contributed by atoms with E-state index < -0.39 is 5.97 Å². The third-order valence-electron chi connectivity index (χ3n) is 2.62. The number of ether oxygens (including phenoxy) is 1. The third-order valence-corrected chi connectivity index (χ3v) is 2.62. The highest BCUT2D eigenvalue weighted by Crippen LogP contribution is 2.27. The average Bonchev–Trinajstić information content (AvgIpc) is 2.28. The summed E-state index contributed by atoms with van der Waals surface area (Å²) in [4.78, 5) is 10.8. The molecule has 3 nitrogen and oxygen atoms in total. The SMILES string of the molecule is CCC[C@@H](CC(=O)O)c1cccc(OC)c1. The Morgan fingerprint density at radius 2 is 2.25 bits per heavy atom. The van der Waals surface area contributed by atoms with Gasteiger partial charge < -0.3 is 9.84 Å². The van der Waals surface area contributed by atoms with Gasteiger partial charge in [-0.2, -0.15) is 0 Å². The van der Waals surface area contributed by atoms with Crippen LogP contribution in [0.1, 0.15) is 37.7 Å². The minimum atomic E-state index is -0.749. The van der Waals surface area contributed by atoms with Gasteiger partial charge in [0.2, 0.25) is 0 Å². The summed E-state index contributed by atoms with van der Waals surface area (Å²) < 4.78 is 5.14. The largest absolute Gasteiger partial charge is 0.497 e. The van der Waals surface area contributed by atoms with Gasteiger partial charge in [-0.25, -0.2) is 0 Å². The van der Waals surface area contributed by atoms with Gasteiger partial charge in [0.15, 0.2) is 0 Å². The topological polar surface area (TPSA) is 46.5 Å². The summed E-state index contributed by atoms with van der Waals surface area (Å²) in [7, 11) is 1.62. The van der Waals surface area contributed by atoms with Gasteiger partial charge in [0, 0.05) is 0 Å². The quantitative estimate of drug-likeness (QED) is 0.804. The van der Waals surface area contributed by atoms with Crippen LogP contribution in [0.4, 0.5) is 0 Å². The summed E-state index contributed by atoms with van der Waals surface area (Å²) in [6, 6.07) is 7.65. The Bertz CT molecular complexity index is 347. The maximum Gasteiger partial charge on any atom is 0.303 e. The lowest BCUT2D eigenvalue weighted by Crippen LogP contribution is -2.06. The molecule has 0 aliphatic rings. The molecule has 1 aromatic carbocycles. The summed E-state index contributed by atoms with van der Waals surface area (Å²) in [5.74, 6) is 0.114. The van der Waals surface area contributed by atoms with Crippen molar-refractivity contribution < 1.29 is 14.6 Å². The second kappa shape index (κ2) is 6.16. The molecule has 1 N–H and O–H groups in total. The van der Waals surface area contributed by atoms with Gasteiger partial charge in [0.05, 0.1) is 13.5 Å². The maximum atomic E-state index is 10.8. The van der Waals surface area contributed by atoms with Crippen molar-refractivity contribution in [2.75, 3.05) is 7.11 Å². The molecule has 0 radical (unpaired) electrons. The van der Waals surface area contributed by atoms with Gasteiger partial charge in [-0.05, 0) is 30.0 Å². The van der Waals surface area contributed by atoms with Crippen molar-refractivity contribution in [3.05, 3.63) is 29.8 Å². The van der Waals surface area contributed by atoms with Crippen molar-refractivity contribution in [3.8, 4) is 5.75 Å².